The molecule has 0 amide bonds. The van der Waals surface area contributed by atoms with Gasteiger partial charge in [0.2, 0.25) is 0 Å². The Labute approximate surface area is 56.5 Å². The first-order valence-corrected chi connectivity index (χ1v) is 3.42. The van der Waals surface area contributed by atoms with Crippen molar-refractivity contribution in [1.29, 1.82) is 5.41 Å². The quantitative estimate of drug-likeness (QED) is 0.561. The van der Waals surface area contributed by atoms with Crippen LogP contribution in [0.3, 0.4) is 0 Å². The molecule has 0 spiro atoms. The van der Waals surface area contributed by atoms with Gasteiger partial charge in [-0.05, 0) is 13.3 Å². The summed E-state index contributed by atoms with van der Waals surface area (Å²) >= 11 is 0. The van der Waals surface area contributed by atoms with E-state index in [0.29, 0.717) is 6.04 Å². The Morgan fingerprint density at radius 2 is 2.33 bits per heavy atom. The summed E-state index contributed by atoms with van der Waals surface area (Å²) in [4.78, 5) is 3.78. The highest BCUT2D eigenvalue weighted by Gasteiger charge is 1.94. The summed E-state index contributed by atoms with van der Waals surface area (Å²) in [7, 11) is 0. The van der Waals surface area contributed by atoms with E-state index in [9.17, 15) is 0 Å². The van der Waals surface area contributed by atoms with Gasteiger partial charge in [-0.3, -0.25) is 0 Å². The van der Waals surface area contributed by atoms with Crippen molar-refractivity contribution < 1.29 is 0 Å². The fraction of sp³-hybridized carbons (Fsp3) is 0.857. The van der Waals surface area contributed by atoms with Crippen molar-refractivity contribution in [1.82, 2.24) is 0 Å². The molecule has 0 heterocycles. The molecule has 0 saturated carbocycles. The molecule has 2 heteroatoms. The number of rotatable bonds is 4. The van der Waals surface area contributed by atoms with Gasteiger partial charge < -0.3 is 0 Å². The summed E-state index contributed by atoms with van der Waals surface area (Å²) in [5, 5.41) is 6.55. The highest BCUT2D eigenvalue weighted by Crippen LogP contribution is 2.01. The maximum absolute atomic E-state index is 6.55. The minimum Gasteiger partial charge on any atom is -0.242 e. The van der Waals surface area contributed by atoms with Crippen molar-refractivity contribution in [3.8, 4) is 0 Å². The molecule has 52 valence electrons. The number of hydrogen-bond acceptors (Lipinski definition) is 2. The van der Waals surface area contributed by atoms with Gasteiger partial charge in [0.1, 0.15) is 0 Å². The van der Waals surface area contributed by atoms with Gasteiger partial charge in [-0.15, -0.1) is 0 Å². The fourth-order valence-electron chi connectivity index (χ4n) is 0.674. The third kappa shape index (κ3) is 5.25. The van der Waals surface area contributed by atoms with Crippen LogP contribution in [0, 0.1) is 5.41 Å². The van der Waals surface area contributed by atoms with Crippen LogP contribution in [-0.2, 0) is 0 Å². The summed E-state index contributed by atoms with van der Waals surface area (Å²) in [5.41, 5.74) is 0. The van der Waals surface area contributed by atoms with Crippen molar-refractivity contribution >= 4 is 6.01 Å². The summed E-state index contributed by atoms with van der Waals surface area (Å²) in [6, 6.07) is 2.35. The monoisotopic (exact) mass is 126 g/mol. The molecule has 0 bridgehead atoms. The zero-order valence-corrected chi connectivity index (χ0v) is 6.15. The molecule has 0 aliphatic carbocycles. The highest BCUT2D eigenvalue weighted by atomic mass is 14.8. The Hall–Kier alpha value is -0.620. The summed E-state index contributed by atoms with van der Waals surface area (Å²) in [5.74, 6) is 0. The second kappa shape index (κ2) is 5.52. The van der Waals surface area contributed by atoms with Gasteiger partial charge in [0.25, 0.3) is 0 Å². The van der Waals surface area contributed by atoms with Crippen molar-refractivity contribution in [2.75, 3.05) is 0 Å². The molecule has 1 unspecified atom stereocenters. The Balaban J connectivity index is 3.26. The lowest BCUT2D eigenvalue weighted by atomic mass is 10.2. The number of aliphatic imine (C=N–C) groups is 1. The minimum absolute atomic E-state index is 0.294. The summed E-state index contributed by atoms with van der Waals surface area (Å²) < 4.78 is 0. The average Bonchev–Trinajstić information content (AvgIpc) is 1.85. The first kappa shape index (κ1) is 8.38. The molecule has 0 rings (SSSR count). The average molecular weight is 126 g/mol. The molecule has 0 aromatic carbocycles. The Bertz CT molecular complexity index is 103. The first-order chi connectivity index (χ1) is 4.31. The van der Waals surface area contributed by atoms with Crippen molar-refractivity contribution in [2.24, 2.45) is 4.99 Å². The Kier molecular flexibility index (Phi) is 5.14. The predicted octanol–water partition coefficient (Wildman–Crippen LogP) is 2.32. The van der Waals surface area contributed by atoms with E-state index in [0.717, 1.165) is 6.42 Å². The van der Waals surface area contributed by atoms with E-state index in [-0.39, 0.29) is 0 Å². The molecular weight excluding hydrogens is 112 g/mol. The summed E-state index contributed by atoms with van der Waals surface area (Å²) in [6.45, 7) is 4.16. The van der Waals surface area contributed by atoms with Crippen LogP contribution in [0.1, 0.15) is 33.1 Å². The van der Waals surface area contributed by atoms with Crippen molar-refractivity contribution in [3.05, 3.63) is 0 Å². The smallest absolute Gasteiger partial charge is 0.0864 e. The molecule has 2 nitrogen and oxygen atoms in total. The second-order valence-electron chi connectivity index (χ2n) is 2.23. The molecule has 0 aliphatic rings. The van der Waals surface area contributed by atoms with Crippen LogP contribution < -0.4 is 0 Å². The largest absolute Gasteiger partial charge is 0.242 e. The molecule has 0 fully saturated rings. The standard InChI is InChI=1S/C7H14N2/c1-3-4-5-7(2)9-6-8/h7-8H,3-5H2,1-2H3. The van der Waals surface area contributed by atoms with Crippen LogP contribution in [0.15, 0.2) is 4.99 Å². The van der Waals surface area contributed by atoms with Gasteiger partial charge in [0, 0.05) is 0 Å². The lowest BCUT2D eigenvalue weighted by Crippen LogP contribution is -1.95. The van der Waals surface area contributed by atoms with Crippen LogP contribution in [0.2, 0.25) is 0 Å². The second-order valence-corrected chi connectivity index (χ2v) is 2.23. The highest BCUT2D eigenvalue weighted by molar-refractivity contribution is 5.36. The Morgan fingerprint density at radius 3 is 2.78 bits per heavy atom. The molecular formula is C7H14N2. The van der Waals surface area contributed by atoms with Crippen LogP contribution in [0.25, 0.3) is 0 Å². The van der Waals surface area contributed by atoms with E-state index in [1.165, 1.54) is 12.8 Å². The van der Waals surface area contributed by atoms with Crippen molar-refractivity contribution in [2.45, 2.75) is 39.2 Å². The SMILES string of the molecule is CCCCC(C)N=C=N. The van der Waals surface area contributed by atoms with Gasteiger partial charge in [-0.25, -0.2) is 10.4 Å². The number of nitrogens with one attached hydrogen (secondary N) is 1. The molecule has 0 aromatic heterocycles. The van der Waals surface area contributed by atoms with E-state index in [1.54, 1.807) is 0 Å². The van der Waals surface area contributed by atoms with Crippen molar-refractivity contribution in [3.63, 3.8) is 0 Å². The molecule has 0 aliphatic heterocycles. The maximum Gasteiger partial charge on any atom is 0.0864 e. The summed E-state index contributed by atoms with van der Waals surface area (Å²) in [6.07, 6.45) is 3.49. The maximum atomic E-state index is 6.55. The lowest BCUT2D eigenvalue weighted by molar-refractivity contribution is 0.619. The van der Waals surface area contributed by atoms with E-state index < -0.39 is 0 Å². The third-order valence-corrected chi connectivity index (χ3v) is 1.26. The molecule has 1 N–H and O–H groups in total. The van der Waals surface area contributed by atoms with Gasteiger partial charge >= 0.3 is 0 Å². The topological polar surface area (TPSA) is 36.2 Å². The van der Waals surface area contributed by atoms with E-state index >= 15 is 0 Å². The number of hydrogen-bond donors (Lipinski definition) is 1. The zero-order valence-electron chi connectivity index (χ0n) is 6.15. The molecule has 0 radical (unpaired) electrons. The van der Waals surface area contributed by atoms with Crippen LogP contribution >= 0.6 is 0 Å². The Morgan fingerprint density at radius 1 is 1.67 bits per heavy atom. The fourth-order valence-corrected chi connectivity index (χ4v) is 0.674. The van der Waals surface area contributed by atoms with Crippen LogP contribution in [-0.4, -0.2) is 12.1 Å². The van der Waals surface area contributed by atoms with Gasteiger partial charge in [0.15, 0.2) is 0 Å². The van der Waals surface area contributed by atoms with Gasteiger partial charge in [-0.1, -0.05) is 19.8 Å². The number of unbranched alkanes of at least 4 members (excludes halogenated alkanes) is 1. The molecule has 1 atom stereocenters. The van der Waals surface area contributed by atoms with Gasteiger partial charge in [0.05, 0.1) is 12.1 Å². The van der Waals surface area contributed by atoms with Crippen LogP contribution in [0.4, 0.5) is 0 Å². The minimum atomic E-state index is 0.294. The van der Waals surface area contributed by atoms with Gasteiger partial charge in [-0.2, -0.15) is 0 Å². The van der Waals surface area contributed by atoms with E-state index in [2.05, 4.69) is 17.9 Å². The van der Waals surface area contributed by atoms with Crippen LogP contribution in [0.5, 0.6) is 0 Å². The van der Waals surface area contributed by atoms with E-state index in [1.807, 2.05) is 6.92 Å². The zero-order chi connectivity index (χ0) is 7.11. The first-order valence-electron chi connectivity index (χ1n) is 3.42. The lowest BCUT2D eigenvalue weighted by Gasteiger charge is -1.99. The van der Waals surface area contributed by atoms with E-state index in [4.69, 9.17) is 5.41 Å². The molecule has 0 aromatic rings. The number of nitrogens with zero attached hydrogens (tertiary/aromatic N) is 1. The molecule has 9 heavy (non-hydrogen) atoms. The predicted molar refractivity (Wildman–Crippen MR) is 39.1 cm³/mol. The third-order valence-electron chi connectivity index (χ3n) is 1.26. The normalized spacial score (nSPS) is 12.2. The molecule has 0 saturated heterocycles.